The topological polar surface area (TPSA) is 41.5 Å². The second kappa shape index (κ2) is 6.46. The van der Waals surface area contributed by atoms with Crippen LogP contribution in [0.5, 0.6) is 0 Å². The molecule has 0 amide bonds. The Morgan fingerprint density at radius 2 is 1.87 bits per heavy atom. The molecule has 0 aromatic rings. The van der Waals surface area contributed by atoms with Gasteiger partial charge in [-0.05, 0) is 46.6 Å². The van der Waals surface area contributed by atoms with E-state index in [1.54, 1.807) is 7.11 Å². The van der Waals surface area contributed by atoms with E-state index in [2.05, 4.69) is 33.0 Å². The maximum absolute atomic E-state index is 9.09. The number of hydrogen-bond donors (Lipinski definition) is 2. The van der Waals surface area contributed by atoms with E-state index in [0.717, 1.165) is 25.8 Å². The zero-order valence-electron chi connectivity index (χ0n) is 10.9. The van der Waals surface area contributed by atoms with Gasteiger partial charge in [-0.2, -0.15) is 0 Å². The second-order valence-electron chi connectivity index (χ2n) is 5.10. The minimum absolute atomic E-state index is 0.0374. The molecule has 0 aromatic carbocycles. The maximum Gasteiger partial charge on any atom is 0.0640 e. The van der Waals surface area contributed by atoms with Gasteiger partial charge in [0.1, 0.15) is 0 Å². The fourth-order valence-corrected chi connectivity index (χ4v) is 1.92. The van der Waals surface area contributed by atoms with E-state index in [1.165, 1.54) is 0 Å². The van der Waals surface area contributed by atoms with Crippen molar-refractivity contribution in [1.29, 1.82) is 0 Å². The lowest BCUT2D eigenvalue weighted by Crippen LogP contribution is -2.48. The van der Waals surface area contributed by atoms with Gasteiger partial charge in [-0.3, -0.25) is 0 Å². The summed E-state index contributed by atoms with van der Waals surface area (Å²) in [5.74, 6) is 0. The molecule has 0 aromatic heterocycles. The van der Waals surface area contributed by atoms with Crippen LogP contribution >= 0.6 is 0 Å². The van der Waals surface area contributed by atoms with Crippen molar-refractivity contribution in [3.8, 4) is 0 Å². The Balaban J connectivity index is 4.35. The van der Waals surface area contributed by atoms with Crippen molar-refractivity contribution in [2.75, 3.05) is 20.3 Å². The van der Waals surface area contributed by atoms with Crippen molar-refractivity contribution >= 4 is 0 Å². The highest BCUT2D eigenvalue weighted by atomic mass is 16.5. The number of ether oxygens (including phenoxy) is 1. The molecule has 0 fully saturated rings. The van der Waals surface area contributed by atoms with Crippen LogP contribution in [0.15, 0.2) is 0 Å². The summed E-state index contributed by atoms with van der Waals surface area (Å²) in [6.45, 7) is 9.66. The lowest BCUT2D eigenvalue weighted by molar-refractivity contribution is -0.00991. The number of nitrogens with one attached hydrogen (secondary N) is 1. The molecule has 3 nitrogen and oxygen atoms in total. The molecule has 1 atom stereocenters. The minimum Gasteiger partial charge on any atom is -0.396 e. The summed E-state index contributed by atoms with van der Waals surface area (Å²) in [5, 5.41) is 12.6. The van der Waals surface area contributed by atoms with Crippen molar-refractivity contribution in [2.24, 2.45) is 0 Å². The first kappa shape index (κ1) is 14.9. The van der Waals surface area contributed by atoms with E-state index in [0.29, 0.717) is 0 Å². The van der Waals surface area contributed by atoms with Gasteiger partial charge in [0.25, 0.3) is 0 Å². The normalized spacial score (nSPS) is 16.4. The van der Waals surface area contributed by atoms with Crippen LogP contribution in [-0.2, 0) is 4.74 Å². The van der Waals surface area contributed by atoms with Gasteiger partial charge in [-0.15, -0.1) is 0 Å². The smallest absolute Gasteiger partial charge is 0.0640 e. The highest BCUT2D eigenvalue weighted by molar-refractivity contribution is 4.89. The van der Waals surface area contributed by atoms with E-state index in [4.69, 9.17) is 9.84 Å². The summed E-state index contributed by atoms with van der Waals surface area (Å²) in [6, 6.07) is 0. The number of methoxy groups -OCH3 is 1. The Morgan fingerprint density at radius 1 is 1.27 bits per heavy atom. The van der Waals surface area contributed by atoms with E-state index >= 15 is 0 Å². The molecule has 0 aliphatic heterocycles. The standard InChI is InChI=1S/C12H27NO2/c1-6-8-13-12(4,7-9-14)10-11(2,3)15-5/h13-14H,6-10H2,1-5H3. The molecule has 1 unspecified atom stereocenters. The average molecular weight is 217 g/mol. The highest BCUT2D eigenvalue weighted by Crippen LogP contribution is 2.25. The molecular weight excluding hydrogens is 190 g/mol. The second-order valence-corrected chi connectivity index (χ2v) is 5.10. The summed E-state index contributed by atoms with van der Waals surface area (Å²) < 4.78 is 5.44. The zero-order valence-corrected chi connectivity index (χ0v) is 10.9. The Morgan fingerprint density at radius 3 is 2.27 bits per heavy atom. The Labute approximate surface area is 94.2 Å². The Hall–Kier alpha value is -0.120. The molecule has 3 heteroatoms. The number of aliphatic hydroxyl groups is 1. The first-order chi connectivity index (χ1) is 6.89. The minimum atomic E-state index is -0.148. The van der Waals surface area contributed by atoms with Crippen LogP contribution in [0.25, 0.3) is 0 Å². The summed E-state index contributed by atoms with van der Waals surface area (Å²) in [5.41, 5.74) is -0.186. The fourth-order valence-electron chi connectivity index (χ4n) is 1.92. The predicted molar refractivity (Wildman–Crippen MR) is 64.1 cm³/mol. The molecule has 0 saturated carbocycles. The SMILES string of the molecule is CCCNC(C)(CCO)CC(C)(C)OC. The Kier molecular flexibility index (Phi) is 6.41. The molecule has 0 aliphatic rings. The molecular formula is C12H27NO2. The molecule has 15 heavy (non-hydrogen) atoms. The van der Waals surface area contributed by atoms with Gasteiger partial charge in [0, 0.05) is 19.3 Å². The van der Waals surface area contributed by atoms with Crippen molar-refractivity contribution in [1.82, 2.24) is 5.32 Å². The zero-order chi connectivity index (χ0) is 11.9. The first-order valence-electron chi connectivity index (χ1n) is 5.80. The highest BCUT2D eigenvalue weighted by Gasteiger charge is 2.31. The van der Waals surface area contributed by atoms with Crippen LogP contribution in [0, 0.1) is 0 Å². The van der Waals surface area contributed by atoms with Gasteiger partial charge in [0.05, 0.1) is 5.60 Å². The molecule has 0 radical (unpaired) electrons. The molecule has 0 saturated heterocycles. The molecule has 0 rings (SSSR count). The van der Waals surface area contributed by atoms with E-state index in [9.17, 15) is 0 Å². The van der Waals surface area contributed by atoms with Crippen LogP contribution in [0.3, 0.4) is 0 Å². The van der Waals surface area contributed by atoms with Crippen LogP contribution in [0.2, 0.25) is 0 Å². The molecule has 2 N–H and O–H groups in total. The monoisotopic (exact) mass is 217 g/mol. The third-order valence-electron chi connectivity index (χ3n) is 2.83. The average Bonchev–Trinajstić information content (AvgIpc) is 2.14. The molecule has 0 bridgehead atoms. The van der Waals surface area contributed by atoms with Gasteiger partial charge in [0.15, 0.2) is 0 Å². The van der Waals surface area contributed by atoms with E-state index in [1.807, 2.05) is 0 Å². The lowest BCUT2D eigenvalue weighted by atomic mass is 9.85. The summed E-state index contributed by atoms with van der Waals surface area (Å²) in [4.78, 5) is 0. The van der Waals surface area contributed by atoms with Crippen molar-refractivity contribution < 1.29 is 9.84 Å². The number of aliphatic hydroxyl groups excluding tert-OH is 1. The van der Waals surface area contributed by atoms with Crippen LogP contribution in [0.1, 0.15) is 47.0 Å². The molecule has 0 aliphatic carbocycles. The van der Waals surface area contributed by atoms with Crippen LogP contribution in [0.4, 0.5) is 0 Å². The maximum atomic E-state index is 9.09. The van der Waals surface area contributed by atoms with Gasteiger partial charge >= 0.3 is 0 Å². The third-order valence-corrected chi connectivity index (χ3v) is 2.83. The largest absolute Gasteiger partial charge is 0.396 e. The fraction of sp³-hybridized carbons (Fsp3) is 1.00. The van der Waals surface area contributed by atoms with Crippen LogP contribution < -0.4 is 5.32 Å². The Bertz CT molecular complexity index is 171. The van der Waals surface area contributed by atoms with Crippen LogP contribution in [-0.4, -0.2) is 36.5 Å². The van der Waals surface area contributed by atoms with Gasteiger partial charge in [0.2, 0.25) is 0 Å². The predicted octanol–water partition coefficient (Wildman–Crippen LogP) is 1.94. The van der Waals surface area contributed by atoms with E-state index < -0.39 is 0 Å². The quantitative estimate of drug-likeness (QED) is 0.653. The number of rotatable bonds is 8. The number of hydrogen-bond acceptors (Lipinski definition) is 3. The summed E-state index contributed by atoms with van der Waals surface area (Å²) >= 11 is 0. The van der Waals surface area contributed by atoms with Crippen molar-refractivity contribution in [3.63, 3.8) is 0 Å². The van der Waals surface area contributed by atoms with Gasteiger partial charge < -0.3 is 15.2 Å². The van der Waals surface area contributed by atoms with E-state index in [-0.39, 0.29) is 17.7 Å². The van der Waals surface area contributed by atoms with Gasteiger partial charge in [-0.1, -0.05) is 6.92 Å². The van der Waals surface area contributed by atoms with Gasteiger partial charge in [-0.25, -0.2) is 0 Å². The molecule has 0 heterocycles. The first-order valence-corrected chi connectivity index (χ1v) is 5.80. The third kappa shape index (κ3) is 6.13. The molecule has 0 spiro atoms. The summed E-state index contributed by atoms with van der Waals surface area (Å²) in [6.07, 6.45) is 2.77. The van der Waals surface area contributed by atoms with Crippen molar-refractivity contribution in [3.05, 3.63) is 0 Å². The van der Waals surface area contributed by atoms with Crippen molar-refractivity contribution in [2.45, 2.75) is 58.1 Å². The molecule has 92 valence electrons. The summed E-state index contributed by atoms with van der Waals surface area (Å²) in [7, 11) is 1.74. The lowest BCUT2D eigenvalue weighted by Gasteiger charge is -2.37.